The fourth-order valence-electron chi connectivity index (χ4n) is 4.07. The number of aromatic nitrogens is 1. The van der Waals surface area contributed by atoms with E-state index in [0.29, 0.717) is 37.7 Å². The lowest BCUT2D eigenvalue weighted by atomic mass is 9.94. The highest BCUT2D eigenvalue weighted by atomic mass is 16.4. The van der Waals surface area contributed by atoms with Crippen LogP contribution >= 0.6 is 0 Å². The van der Waals surface area contributed by atoms with Crippen LogP contribution in [0.5, 0.6) is 0 Å². The SMILES string of the molecule is CCc1cc(C(=O)N2CCC(N3CCC[C@H](C(=O)O)C3)CC2)cc(=O)[nH]1. The molecule has 2 saturated heterocycles. The van der Waals surface area contributed by atoms with Crippen LogP contribution in [0, 0.1) is 5.92 Å². The summed E-state index contributed by atoms with van der Waals surface area (Å²) in [5.41, 5.74) is 0.979. The van der Waals surface area contributed by atoms with Gasteiger partial charge in [0.25, 0.3) is 5.91 Å². The minimum Gasteiger partial charge on any atom is -0.481 e. The van der Waals surface area contributed by atoms with Crippen molar-refractivity contribution in [3.63, 3.8) is 0 Å². The van der Waals surface area contributed by atoms with E-state index in [2.05, 4.69) is 9.88 Å². The molecule has 0 bridgehead atoms. The molecule has 1 aromatic rings. The van der Waals surface area contributed by atoms with Crippen LogP contribution in [0.3, 0.4) is 0 Å². The Morgan fingerprint density at radius 1 is 1.19 bits per heavy atom. The smallest absolute Gasteiger partial charge is 0.307 e. The average Bonchev–Trinajstić information content (AvgIpc) is 2.67. The molecular formula is C19H27N3O4. The third-order valence-electron chi connectivity index (χ3n) is 5.60. The molecule has 0 unspecified atom stereocenters. The number of aliphatic carboxylic acids is 1. The molecule has 2 aliphatic rings. The Morgan fingerprint density at radius 2 is 1.92 bits per heavy atom. The lowest BCUT2D eigenvalue weighted by molar-refractivity contribution is -0.144. The Hall–Kier alpha value is -2.15. The van der Waals surface area contributed by atoms with E-state index in [1.54, 1.807) is 6.07 Å². The van der Waals surface area contributed by atoms with E-state index in [9.17, 15) is 19.5 Å². The number of carbonyl (C=O) groups is 2. The standard InChI is InChI=1S/C19H27N3O4/c1-2-15-10-14(11-17(23)20-15)18(24)21-8-5-16(6-9-21)22-7-3-4-13(12-22)19(25)26/h10-11,13,16H,2-9,12H2,1H3,(H,20,23)(H,25,26)/t13-/m0/s1. The molecule has 2 N–H and O–H groups in total. The third kappa shape index (κ3) is 4.15. The summed E-state index contributed by atoms with van der Waals surface area (Å²) in [6.07, 6.45) is 4.05. The number of hydrogen-bond donors (Lipinski definition) is 2. The molecule has 0 aromatic carbocycles. The summed E-state index contributed by atoms with van der Waals surface area (Å²) >= 11 is 0. The predicted octanol–water partition coefficient (Wildman–Crippen LogP) is 1.34. The summed E-state index contributed by atoms with van der Waals surface area (Å²) in [4.78, 5) is 42.5. The molecule has 1 aromatic heterocycles. The highest BCUT2D eigenvalue weighted by Gasteiger charge is 2.32. The minimum atomic E-state index is -0.705. The summed E-state index contributed by atoms with van der Waals surface area (Å²) in [7, 11) is 0. The highest BCUT2D eigenvalue weighted by molar-refractivity contribution is 5.94. The summed E-state index contributed by atoms with van der Waals surface area (Å²) < 4.78 is 0. The molecule has 1 atom stereocenters. The van der Waals surface area contributed by atoms with Gasteiger partial charge in [-0.3, -0.25) is 19.3 Å². The minimum absolute atomic E-state index is 0.0914. The number of H-pyrrole nitrogens is 1. The monoisotopic (exact) mass is 361 g/mol. The second-order valence-electron chi connectivity index (χ2n) is 7.31. The van der Waals surface area contributed by atoms with Crippen molar-refractivity contribution in [2.75, 3.05) is 26.2 Å². The molecule has 3 heterocycles. The molecule has 7 heteroatoms. The Morgan fingerprint density at radius 3 is 2.58 bits per heavy atom. The zero-order chi connectivity index (χ0) is 18.7. The average molecular weight is 361 g/mol. The fraction of sp³-hybridized carbons (Fsp3) is 0.632. The predicted molar refractivity (Wildman–Crippen MR) is 97.3 cm³/mol. The highest BCUT2D eigenvalue weighted by Crippen LogP contribution is 2.24. The van der Waals surface area contributed by atoms with Gasteiger partial charge in [0.2, 0.25) is 5.56 Å². The van der Waals surface area contributed by atoms with Crippen LogP contribution in [-0.2, 0) is 11.2 Å². The van der Waals surface area contributed by atoms with Crippen molar-refractivity contribution >= 4 is 11.9 Å². The number of likely N-dealkylation sites (tertiary alicyclic amines) is 2. The molecule has 142 valence electrons. The topological polar surface area (TPSA) is 93.7 Å². The van der Waals surface area contributed by atoms with Crippen LogP contribution in [0.2, 0.25) is 0 Å². The van der Waals surface area contributed by atoms with Crippen molar-refractivity contribution in [3.8, 4) is 0 Å². The number of carboxylic acid groups (broad SMARTS) is 1. The first-order chi connectivity index (χ1) is 12.5. The summed E-state index contributed by atoms with van der Waals surface area (Å²) in [6.45, 7) is 4.78. The van der Waals surface area contributed by atoms with Gasteiger partial charge in [0.15, 0.2) is 0 Å². The Labute approximate surface area is 153 Å². The van der Waals surface area contributed by atoms with Gasteiger partial charge in [-0.05, 0) is 44.7 Å². The molecule has 3 rings (SSSR count). The van der Waals surface area contributed by atoms with Crippen LogP contribution in [-0.4, -0.2) is 64.0 Å². The molecule has 0 radical (unpaired) electrons. The molecule has 7 nitrogen and oxygen atoms in total. The van der Waals surface area contributed by atoms with Gasteiger partial charge in [0.1, 0.15) is 0 Å². The molecule has 0 aliphatic carbocycles. The summed E-state index contributed by atoms with van der Waals surface area (Å²) in [6, 6.07) is 3.47. The van der Waals surface area contributed by atoms with Gasteiger partial charge in [-0.25, -0.2) is 0 Å². The van der Waals surface area contributed by atoms with Gasteiger partial charge in [-0.15, -0.1) is 0 Å². The van der Waals surface area contributed by atoms with E-state index in [-0.39, 0.29) is 17.4 Å². The quantitative estimate of drug-likeness (QED) is 0.844. The van der Waals surface area contributed by atoms with Gasteiger partial charge in [-0.2, -0.15) is 0 Å². The molecule has 2 fully saturated rings. The number of piperidine rings is 2. The second kappa shape index (κ2) is 8.03. The first-order valence-electron chi connectivity index (χ1n) is 9.47. The van der Waals surface area contributed by atoms with E-state index < -0.39 is 5.97 Å². The van der Waals surface area contributed by atoms with E-state index in [1.165, 1.54) is 6.07 Å². The molecular weight excluding hydrogens is 334 g/mol. The third-order valence-corrected chi connectivity index (χ3v) is 5.60. The van der Waals surface area contributed by atoms with Crippen LogP contribution in [0.15, 0.2) is 16.9 Å². The van der Waals surface area contributed by atoms with Crippen molar-refractivity contribution in [3.05, 3.63) is 33.7 Å². The number of amides is 1. The van der Waals surface area contributed by atoms with Crippen LogP contribution in [0.4, 0.5) is 0 Å². The number of nitrogens with one attached hydrogen (secondary N) is 1. The number of pyridine rings is 1. The molecule has 2 aliphatic heterocycles. The maximum Gasteiger partial charge on any atom is 0.307 e. The van der Waals surface area contributed by atoms with Crippen molar-refractivity contribution < 1.29 is 14.7 Å². The molecule has 0 saturated carbocycles. The van der Waals surface area contributed by atoms with Gasteiger partial charge in [0.05, 0.1) is 5.92 Å². The van der Waals surface area contributed by atoms with E-state index in [4.69, 9.17) is 0 Å². The first kappa shape index (κ1) is 18.6. The van der Waals surface area contributed by atoms with Crippen LogP contribution < -0.4 is 5.56 Å². The second-order valence-corrected chi connectivity index (χ2v) is 7.31. The molecule has 0 spiro atoms. The lowest BCUT2D eigenvalue weighted by Gasteiger charge is -2.41. The maximum atomic E-state index is 12.7. The van der Waals surface area contributed by atoms with Crippen molar-refractivity contribution in [1.82, 2.24) is 14.8 Å². The zero-order valence-electron chi connectivity index (χ0n) is 15.2. The first-order valence-corrected chi connectivity index (χ1v) is 9.47. The number of aromatic amines is 1. The number of carboxylic acids is 1. The fourth-order valence-corrected chi connectivity index (χ4v) is 4.07. The van der Waals surface area contributed by atoms with Crippen LogP contribution in [0.1, 0.15) is 48.7 Å². The lowest BCUT2D eigenvalue weighted by Crippen LogP contribution is -2.50. The van der Waals surface area contributed by atoms with Crippen LogP contribution in [0.25, 0.3) is 0 Å². The number of hydrogen-bond acceptors (Lipinski definition) is 4. The van der Waals surface area contributed by atoms with E-state index in [1.807, 2.05) is 11.8 Å². The van der Waals surface area contributed by atoms with Crippen molar-refractivity contribution in [2.45, 2.75) is 45.1 Å². The van der Waals surface area contributed by atoms with Gasteiger partial charge < -0.3 is 15.0 Å². The summed E-state index contributed by atoms with van der Waals surface area (Å²) in [5, 5.41) is 9.25. The Bertz CT molecular complexity index is 722. The largest absolute Gasteiger partial charge is 0.481 e. The summed E-state index contributed by atoms with van der Waals surface area (Å²) in [5.74, 6) is -1.07. The van der Waals surface area contributed by atoms with Crippen molar-refractivity contribution in [1.29, 1.82) is 0 Å². The number of carbonyl (C=O) groups excluding carboxylic acids is 1. The Balaban J connectivity index is 1.60. The van der Waals surface area contributed by atoms with Gasteiger partial charge in [0, 0.05) is 43.0 Å². The van der Waals surface area contributed by atoms with E-state index >= 15 is 0 Å². The van der Waals surface area contributed by atoms with Crippen molar-refractivity contribution in [2.24, 2.45) is 5.92 Å². The number of rotatable bonds is 4. The number of nitrogens with zero attached hydrogens (tertiary/aromatic N) is 2. The Kier molecular flexibility index (Phi) is 5.76. The molecule has 1 amide bonds. The van der Waals surface area contributed by atoms with Gasteiger partial charge >= 0.3 is 5.97 Å². The maximum absolute atomic E-state index is 12.7. The number of aryl methyl sites for hydroxylation is 1. The normalized spacial score (nSPS) is 22.3. The zero-order valence-corrected chi connectivity index (χ0v) is 15.2. The van der Waals surface area contributed by atoms with Gasteiger partial charge in [-0.1, -0.05) is 6.92 Å². The molecule has 26 heavy (non-hydrogen) atoms. The van der Waals surface area contributed by atoms with E-state index in [0.717, 1.165) is 37.9 Å².